The molecule has 168 valence electrons. The summed E-state index contributed by atoms with van der Waals surface area (Å²) in [5, 5.41) is 7.73. The lowest BCUT2D eigenvalue weighted by atomic mass is 9.82. The van der Waals surface area contributed by atoms with Crippen LogP contribution in [0.5, 0.6) is 0 Å². The van der Waals surface area contributed by atoms with Crippen LogP contribution < -0.4 is 16.6 Å². The molecule has 0 aliphatic heterocycles. The molecule has 1 saturated carbocycles. The molecule has 6 nitrogen and oxygen atoms in total. The third-order valence-electron chi connectivity index (χ3n) is 6.10. The number of nitrogens with one attached hydrogen (secondary N) is 1. The summed E-state index contributed by atoms with van der Waals surface area (Å²) >= 11 is 1.66. The highest BCUT2D eigenvalue weighted by atomic mass is 32.1. The zero-order valence-corrected chi connectivity index (χ0v) is 19.4. The lowest BCUT2D eigenvalue weighted by Crippen LogP contribution is -2.31. The first-order valence-corrected chi connectivity index (χ1v) is 12.1. The average Bonchev–Trinajstić information content (AvgIpc) is 3.32. The van der Waals surface area contributed by atoms with Crippen molar-refractivity contribution in [1.82, 2.24) is 9.55 Å². The summed E-state index contributed by atoms with van der Waals surface area (Å²) in [6.45, 7) is 4.96. The van der Waals surface area contributed by atoms with Crippen LogP contribution in [0.15, 0.2) is 52.2 Å². The minimum absolute atomic E-state index is 0.0473. The quantitative estimate of drug-likeness (QED) is 0.538. The van der Waals surface area contributed by atoms with Crippen molar-refractivity contribution >= 4 is 22.9 Å². The summed E-state index contributed by atoms with van der Waals surface area (Å²) in [5.74, 6) is 0.303. The molecule has 0 radical (unpaired) electrons. The van der Waals surface area contributed by atoms with Crippen molar-refractivity contribution < 1.29 is 4.79 Å². The predicted octanol–water partition coefficient (Wildman–Crippen LogP) is 4.87. The fourth-order valence-electron chi connectivity index (χ4n) is 4.44. The number of nitrogens with zero attached hydrogens (tertiary/aromatic N) is 2. The third-order valence-corrected chi connectivity index (χ3v) is 6.78. The molecule has 0 saturated heterocycles. The minimum Gasteiger partial charge on any atom is -0.378 e. The number of hydrogen-bond donors (Lipinski definition) is 2. The van der Waals surface area contributed by atoms with Crippen molar-refractivity contribution in [1.29, 1.82) is 0 Å². The molecule has 1 fully saturated rings. The molecule has 0 unspecified atom stereocenters. The van der Waals surface area contributed by atoms with E-state index in [1.54, 1.807) is 23.6 Å². The van der Waals surface area contributed by atoms with Gasteiger partial charge in [-0.1, -0.05) is 19.9 Å². The number of thiophene rings is 1. The number of pyridine rings is 2. The first kappa shape index (κ1) is 22.3. The molecular weight excluding hydrogens is 420 g/mol. The van der Waals surface area contributed by atoms with Crippen LogP contribution in [-0.2, 0) is 6.54 Å². The molecule has 1 amide bonds. The second-order valence-corrected chi connectivity index (χ2v) is 9.82. The Morgan fingerprint density at radius 1 is 1.22 bits per heavy atom. The van der Waals surface area contributed by atoms with Gasteiger partial charge in [-0.3, -0.25) is 14.6 Å². The fraction of sp³-hybridized carbons (Fsp3) is 0.400. The summed E-state index contributed by atoms with van der Waals surface area (Å²) in [6, 6.07) is 8.02. The molecular formula is C25H30N4O2S. The van der Waals surface area contributed by atoms with Gasteiger partial charge in [-0.05, 0) is 77.6 Å². The Morgan fingerprint density at radius 2 is 2.00 bits per heavy atom. The van der Waals surface area contributed by atoms with E-state index >= 15 is 0 Å². The fourth-order valence-corrected chi connectivity index (χ4v) is 5.10. The molecule has 32 heavy (non-hydrogen) atoms. The Morgan fingerprint density at radius 3 is 2.59 bits per heavy atom. The van der Waals surface area contributed by atoms with Crippen LogP contribution in [0.2, 0.25) is 0 Å². The highest BCUT2D eigenvalue weighted by Crippen LogP contribution is 2.34. The Kier molecular flexibility index (Phi) is 6.74. The number of primary amides is 1. The van der Waals surface area contributed by atoms with Crippen molar-refractivity contribution in [2.24, 2.45) is 11.7 Å². The molecule has 7 heteroatoms. The Labute approximate surface area is 192 Å². The minimum atomic E-state index is -0.503. The standard InChI is InChI=1S/C25H30N4O2S/c1-16(2)13-29-14-20(19-9-10-32-15-19)11-23(25(29)31)28-21-6-3-17(4-7-21)18-5-8-22(24(26)30)27-12-18/h5,8-12,14-17,21,28H,3-4,6-7,13H2,1-2H3,(H2,26,30). The van der Waals surface area contributed by atoms with Gasteiger partial charge in [0.1, 0.15) is 11.4 Å². The van der Waals surface area contributed by atoms with E-state index < -0.39 is 5.91 Å². The molecule has 3 aromatic heterocycles. The predicted molar refractivity (Wildman–Crippen MR) is 130 cm³/mol. The molecule has 4 rings (SSSR count). The molecule has 3 aromatic rings. The maximum atomic E-state index is 13.1. The molecule has 0 aromatic carbocycles. The summed E-state index contributed by atoms with van der Waals surface area (Å²) < 4.78 is 1.84. The van der Waals surface area contributed by atoms with E-state index in [-0.39, 0.29) is 11.6 Å². The molecule has 1 aliphatic rings. The maximum absolute atomic E-state index is 13.1. The van der Waals surface area contributed by atoms with Crippen molar-refractivity contribution in [2.45, 2.75) is 58.0 Å². The SMILES string of the molecule is CC(C)Cn1cc(-c2ccsc2)cc(NC2CCC(c3ccc(C(N)=O)nc3)CC2)c1=O. The van der Waals surface area contributed by atoms with Gasteiger partial charge in [0.15, 0.2) is 0 Å². The van der Waals surface area contributed by atoms with Crippen LogP contribution in [0.3, 0.4) is 0 Å². The monoisotopic (exact) mass is 450 g/mol. The average molecular weight is 451 g/mol. The first-order valence-electron chi connectivity index (χ1n) is 11.2. The maximum Gasteiger partial charge on any atom is 0.273 e. The van der Waals surface area contributed by atoms with E-state index in [0.717, 1.165) is 42.4 Å². The van der Waals surface area contributed by atoms with Gasteiger partial charge in [0.05, 0.1) is 0 Å². The van der Waals surface area contributed by atoms with E-state index in [9.17, 15) is 9.59 Å². The van der Waals surface area contributed by atoms with E-state index in [4.69, 9.17) is 5.73 Å². The van der Waals surface area contributed by atoms with E-state index in [1.807, 2.05) is 22.9 Å². The first-order chi connectivity index (χ1) is 15.4. The van der Waals surface area contributed by atoms with Crippen molar-refractivity contribution in [3.63, 3.8) is 0 Å². The number of aromatic nitrogens is 2. The summed E-state index contributed by atoms with van der Waals surface area (Å²) in [6.07, 6.45) is 7.74. The Hall–Kier alpha value is -2.93. The second-order valence-electron chi connectivity index (χ2n) is 9.04. The number of amides is 1. The summed E-state index contributed by atoms with van der Waals surface area (Å²) in [5.41, 5.74) is 9.68. The van der Waals surface area contributed by atoms with E-state index in [2.05, 4.69) is 41.0 Å². The molecule has 0 spiro atoms. The van der Waals surface area contributed by atoms with Crippen LogP contribution in [0.25, 0.3) is 11.1 Å². The van der Waals surface area contributed by atoms with Crippen LogP contribution in [0, 0.1) is 5.92 Å². The number of nitrogens with two attached hydrogens (primary N) is 1. The van der Waals surface area contributed by atoms with Gasteiger partial charge in [0.2, 0.25) is 0 Å². The van der Waals surface area contributed by atoms with Crippen LogP contribution in [-0.4, -0.2) is 21.5 Å². The van der Waals surface area contributed by atoms with Crippen LogP contribution in [0.1, 0.15) is 61.5 Å². The normalized spacial score (nSPS) is 18.6. The topological polar surface area (TPSA) is 90.0 Å². The molecule has 3 heterocycles. The van der Waals surface area contributed by atoms with Gasteiger partial charge in [-0.15, -0.1) is 0 Å². The largest absolute Gasteiger partial charge is 0.378 e. The smallest absolute Gasteiger partial charge is 0.273 e. The van der Waals surface area contributed by atoms with Gasteiger partial charge < -0.3 is 15.6 Å². The van der Waals surface area contributed by atoms with Gasteiger partial charge in [0.25, 0.3) is 11.5 Å². The van der Waals surface area contributed by atoms with Crippen molar-refractivity contribution in [3.8, 4) is 11.1 Å². The van der Waals surface area contributed by atoms with Crippen LogP contribution in [0.4, 0.5) is 5.69 Å². The Balaban J connectivity index is 1.48. The highest BCUT2D eigenvalue weighted by Gasteiger charge is 2.24. The third kappa shape index (κ3) is 5.10. The molecule has 3 N–H and O–H groups in total. The van der Waals surface area contributed by atoms with E-state index in [0.29, 0.717) is 29.8 Å². The Bertz CT molecular complexity index is 1110. The van der Waals surface area contributed by atoms with Crippen LogP contribution >= 0.6 is 11.3 Å². The number of hydrogen-bond acceptors (Lipinski definition) is 5. The summed E-state index contributed by atoms with van der Waals surface area (Å²) in [7, 11) is 0. The number of rotatable bonds is 7. The van der Waals surface area contributed by atoms with Gasteiger partial charge in [0, 0.05) is 30.5 Å². The highest BCUT2D eigenvalue weighted by molar-refractivity contribution is 7.08. The molecule has 1 aliphatic carbocycles. The van der Waals surface area contributed by atoms with Gasteiger partial charge in [-0.25, -0.2) is 0 Å². The van der Waals surface area contributed by atoms with Gasteiger partial charge in [-0.2, -0.15) is 11.3 Å². The summed E-state index contributed by atoms with van der Waals surface area (Å²) in [4.78, 5) is 28.6. The van der Waals surface area contributed by atoms with Crippen molar-refractivity contribution in [3.05, 3.63) is 69.0 Å². The number of carbonyl (C=O) groups is 1. The lowest BCUT2D eigenvalue weighted by molar-refractivity contribution is 0.0995. The zero-order chi connectivity index (χ0) is 22.7. The number of anilines is 1. The lowest BCUT2D eigenvalue weighted by Gasteiger charge is -2.30. The molecule has 0 bridgehead atoms. The van der Waals surface area contributed by atoms with Gasteiger partial charge >= 0.3 is 0 Å². The van der Waals surface area contributed by atoms with E-state index in [1.165, 1.54) is 0 Å². The number of carbonyl (C=O) groups excluding carboxylic acids is 1. The second kappa shape index (κ2) is 9.69. The van der Waals surface area contributed by atoms with Crippen molar-refractivity contribution in [2.75, 3.05) is 5.32 Å². The zero-order valence-electron chi connectivity index (χ0n) is 18.6. The molecule has 0 atom stereocenters.